The van der Waals surface area contributed by atoms with Crippen molar-refractivity contribution in [3.05, 3.63) is 72.3 Å². The van der Waals surface area contributed by atoms with Crippen molar-refractivity contribution in [1.82, 2.24) is 0 Å². The molecule has 21 heavy (non-hydrogen) atoms. The molecule has 4 heteroatoms. The van der Waals surface area contributed by atoms with Gasteiger partial charge in [0.15, 0.2) is 0 Å². The molecule has 4 nitrogen and oxygen atoms in total. The van der Waals surface area contributed by atoms with Gasteiger partial charge in [0.05, 0.1) is 5.56 Å². The summed E-state index contributed by atoms with van der Waals surface area (Å²) in [7, 11) is 0. The highest BCUT2D eigenvalue weighted by Gasteiger charge is 2.06. The Hall–Kier alpha value is -2.75. The zero-order valence-electron chi connectivity index (χ0n) is 11.5. The number of hydrogen-bond acceptors (Lipinski definition) is 4. The molecule has 0 radical (unpaired) electrons. The lowest BCUT2D eigenvalue weighted by atomic mass is 10.1. The molecule has 2 rings (SSSR count). The van der Waals surface area contributed by atoms with Crippen molar-refractivity contribution in [3.8, 4) is 11.5 Å². The summed E-state index contributed by atoms with van der Waals surface area (Å²) in [6.45, 7) is 4.07. The number of rotatable bonds is 6. The topological polar surface area (TPSA) is 55.8 Å². The molecule has 2 aromatic rings. The van der Waals surface area contributed by atoms with Gasteiger partial charge in [0.2, 0.25) is 0 Å². The summed E-state index contributed by atoms with van der Waals surface area (Å²) in [6.07, 6.45) is 1.53. The molecule has 0 fully saturated rings. The first kappa shape index (κ1) is 14.7. The summed E-state index contributed by atoms with van der Waals surface area (Å²) in [5.74, 6) is 0.493. The van der Waals surface area contributed by atoms with Crippen LogP contribution in [-0.4, -0.2) is 17.7 Å². The number of benzene rings is 2. The summed E-state index contributed by atoms with van der Waals surface area (Å²) < 4.78 is 10.5. The normalized spacial score (nSPS) is 9.90. The van der Waals surface area contributed by atoms with E-state index in [1.165, 1.54) is 6.08 Å². The first-order chi connectivity index (χ1) is 10.2. The lowest BCUT2D eigenvalue weighted by Crippen LogP contribution is -2.05. The van der Waals surface area contributed by atoms with Gasteiger partial charge in [-0.2, -0.15) is 0 Å². The average Bonchev–Trinajstić information content (AvgIpc) is 2.52. The van der Waals surface area contributed by atoms with Crippen molar-refractivity contribution in [2.45, 2.75) is 6.61 Å². The summed E-state index contributed by atoms with van der Waals surface area (Å²) in [5.41, 5.74) is 1.42. The Kier molecular flexibility index (Phi) is 4.99. The SMILES string of the molecule is C=CCOC(=O)c1ccc(COc2ccc(O)cc2)cc1. The van der Waals surface area contributed by atoms with E-state index in [9.17, 15) is 9.90 Å². The maximum absolute atomic E-state index is 11.6. The molecular weight excluding hydrogens is 268 g/mol. The van der Waals surface area contributed by atoms with Gasteiger partial charge in [-0.15, -0.1) is 0 Å². The van der Waals surface area contributed by atoms with Crippen molar-refractivity contribution in [3.63, 3.8) is 0 Å². The molecule has 0 spiro atoms. The number of esters is 1. The van der Waals surface area contributed by atoms with Gasteiger partial charge in [-0.3, -0.25) is 0 Å². The third kappa shape index (κ3) is 4.38. The largest absolute Gasteiger partial charge is 0.508 e. The third-order valence-corrected chi connectivity index (χ3v) is 2.76. The fourth-order valence-corrected chi connectivity index (χ4v) is 1.66. The van der Waals surface area contributed by atoms with E-state index in [1.54, 1.807) is 36.4 Å². The second-order valence-electron chi connectivity index (χ2n) is 4.37. The van der Waals surface area contributed by atoms with E-state index in [0.717, 1.165) is 5.56 Å². The first-order valence-electron chi connectivity index (χ1n) is 6.48. The summed E-state index contributed by atoms with van der Waals surface area (Å²) >= 11 is 0. The smallest absolute Gasteiger partial charge is 0.338 e. The Labute approximate surface area is 123 Å². The molecule has 0 saturated heterocycles. The number of hydrogen-bond donors (Lipinski definition) is 1. The van der Waals surface area contributed by atoms with Crippen LogP contribution in [0.15, 0.2) is 61.2 Å². The Morgan fingerprint density at radius 2 is 1.76 bits per heavy atom. The Morgan fingerprint density at radius 3 is 2.38 bits per heavy atom. The predicted molar refractivity (Wildman–Crippen MR) is 79.4 cm³/mol. The van der Waals surface area contributed by atoms with Crippen LogP contribution in [0.2, 0.25) is 0 Å². The number of carbonyl (C=O) groups excluding carboxylic acids is 1. The molecule has 0 aliphatic carbocycles. The van der Waals surface area contributed by atoms with Crippen molar-refractivity contribution in [2.24, 2.45) is 0 Å². The highest BCUT2D eigenvalue weighted by atomic mass is 16.5. The highest BCUT2D eigenvalue weighted by molar-refractivity contribution is 5.89. The average molecular weight is 284 g/mol. The van der Waals surface area contributed by atoms with E-state index < -0.39 is 0 Å². The second-order valence-corrected chi connectivity index (χ2v) is 4.37. The zero-order valence-corrected chi connectivity index (χ0v) is 11.5. The first-order valence-corrected chi connectivity index (χ1v) is 6.48. The van der Waals surface area contributed by atoms with Crippen LogP contribution < -0.4 is 4.74 Å². The lowest BCUT2D eigenvalue weighted by Gasteiger charge is -2.07. The summed E-state index contributed by atoms with van der Waals surface area (Å²) in [5, 5.41) is 9.18. The maximum Gasteiger partial charge on any atom is 0.338 e. The number of ether oxygens (including phenoxy) is 2. The Morgan fingerprint density at radius 1 is 1.10 bits per heavy atom. The van der Waals surface area contributed by atoms with Gasteiger partial charge in [-0.1, -0.05) is 24.8 Å². The van der Waals surface area contributed by atoms with Crippen LogP contribution in [0.4, 0.5) is 0 Å². The van der Waals surface area contributed by atoms with E-state index in [1.807, 2.05) is 12.1 Å². The number of carbonyl (C=O) groups is 1. The van der Waals surface area contributed by atoms with Crippen molar-refractivity contribution < 1.29 is 19.4 Å². The molecular formula is C17H16O4. The van der Waals surface area contributed by atoms with Crippen LogP contribution in [0, 0.1) is 0 Å². The van der Waals surface area contributed by atoms with Crippen LogP contribution in [0.25, 0.3) is 0 Å². The molecule has 1 N–H and O–H groups in total. The molecule has 0 aliphatic heterocycles. The highest BCUT2D eigenvalue weighted by Crippen LogP contribution is 2.17. The Balaban J connectivity index is 1.91. The minimum absolute atomic E-state index is 0.199. The Bertz CT molecular complexity index is 600. The van der Waals surface area contributed by atoms with Crippen molar-refractivity contribution in [2.75, 3.05) is 6.61 Å². The van der Waals surface area contributed by atoms with Gasteiger partial charge in [-0.25, -0.2) is 4.79 Å². The van der Waals surface area contributed by atoms with Gasteiger partial charge in [-0.05, 0) is 42.0 Å². The molecule has 0 saturated carbocycles. The molecule has 0 heterocycles. The van der Waals surface area contributed by atoms with Crippen molar-refractivity contribution in [1.29, 1.82) is 0 Å². The van der Waals surface area contributed by atoms with Crippen molar-refractivity contribution >= 4 is 5.97 Å². The van der Waals surface area contributed by atoms with Crippen LogP contribution >= 0.6 is 0 Å². The summed E-state index contributed by atoms with van der Waals surface area (Å²) in [6, 6.07) is 13.5. The van der Waals surface area contributed by atoms with E-state index in [0.29, 0.717) is 17.9 Å². The molecule has 108 valence electrons. The van der Waals surface area contributed by atoms with Gasteiger partial charge in [0.1, 0.15) is 24.7 Å². The fraction of sp³-hybridized carbons (Fsp3) is 0.118. The van der Waals surface area contributed by atoms with Crippen LogP contribution in [0.3, 0.4) is 0 Å². The molecule has 0 aliphatic rings. The monoisotopic (exact) mass is 284 g/mol. The zero-order chi connectivity index (χ0) is 15.1. The standard InChI is InChI=1S/C17H16O4/c1-2-11-20-17(19)14-5-3-13(4-6-14)12-21-16-9-7-15(18)8-10-16/h2-10,18H,1,11-12H2. The number of phenols is 1. The quantitative estimate of drug-likeness (QED) is 0.653. The second kappa shape index (κ2) is 7.14. The van der Waals surface area contributed by atoms with Gasteiger partial charge >= 0.3 is 5.97 Å². The van der Waals surface area contributed by atoms with Gasteiger partial charge in [0.25, 0.3) is 0 Å². The molecule has 0 bridgehead atoms. The predicted octanol–water partition coefficient (Wildman–Crippen LogP) is 3.31. The summed E-state index contributed by atoms with van der Waals surface area (Å²) in [4.78, 5) is 11.6. The van der Waals surface area contributed by atoms with E-state index in [4.69, 9.17) is 9.47 Å². The lowest BCUT2D eigenvalue weighted by molar-refractivity contribution is 0.0549. The molecule has 0 unspecified atom stereocenters. The van der Waals surface area contributed by atoms with E-state index in [-0.39, 0.29) is 18.3 Å². The molecule has 0 atom stereocenters. The third-order valence-electron chi connectivity index (χ3n) is 2.76. The van der Waals surface area contributed by atoms with Gasteiger partial charge in [0, 0.05) is 0 Å². The van der Waals surface area contributed by atoms with Gasteiger partial charge < -0.3 is 14.6 Å². The number of aromatic hydroxyl groups is 1. The molecule has 0 aromatic heterocycles. The van der Waals surface area contributed by atoms with E-state index in [2.05, 4.69) is 6.58 Å². The maximum atomic E-state index is 11.6. The van der Waals surface area contributed by atoms with E-state index >= 15 is 0 Å². The number of phenolic OH excluding ortho intramolecular Hbond substituents is 1. The van der Waals surface area contributed by atoms with Crippen LogP contribution in [0.1, 0.15) is 15.9 Å². The van der Waals surface area contributed by atoms with Crippen LogP contribution in [-0.2, 0) is 11.3 Å². The van der Waals surface area contributed by atoms with Crippen LogP contribution in [0.5, 0.6) is 11.5 Å². The fourth-order valence-electron chi connectivity index (χ4n) is 1.66. The minimum Gasteiger partial charge on any atom is -0.508 e. The minimum atomic E-state index is -0.374. The molecule has 2 aromatic carbocycles. The molecule has 0 amide bonds.